The van der Waals surface area contributed by atoms with Gasteiger partial charge in [0.1, 0.15) is 5.75 Å². The van der Waals surface area contributed by atoms with Crippen molar-refractivity contribution < 1.29 is 17.7 Å². The summed E-state index contributed by atoms with van der Waals surface area (Å²) in [5.41, 5.74) is 0. The van der Waals surface area contributed by atoms with Crippen molar-refractivity contribution in [2.24, 2.45) is 0 Å². The highest BCUT2D eigenvalue weighted by atomic mass is 32.2. The Hall–Kier alpha value is -0.210. The van der Waals surface area contributed by atoms with Gasteiger partial charge in [-0.1, -0.05) is 0 Å². The Morgan fingerprint density at radius 1 is 1.33 bits per heavy atom. The Bertz CT molecular complexity index is 249. The smallest absolute Gasteiger partial charge is 0.269 e. The lowest BCUT2D eigenvalue weighted by Crippen LogP contribution is -2.44. The second-order valence-corrected chi connectivity index (χ2v) is 5.16. The number of nitrogens with one attached hydrogen (secondary N) is 1. The molecule has 0 radical (unpaired) electrons. The number of hydrogen-bond acceptors (Lipinski definition) is 6. The topological polar surface area (TPSA) is 78.9 Å². The Balaban J connectivity index is 0.000000162. The molecule has 0 unspecified atom stereocenters. The van der Waals surface area contributed by atoms with Crippen LogP contribution in [0, 0.1) is 0 Å². The van der Waals surface area contributed by atoms with Gasteiger partial charge in [-0.25, -0.2) is 0 Å². The van der Waals surface area contributed by atoms with E-state index in [2.05, 4.69) is 14.4 Å². The van der Waals surface area contributed by atoms with E-state index in [0.29, 0.717) is 13.2 Å². The molecule has 2 saturated heterocycles. The van der Waals surface area contributed by atoms with Gasteiger partial charge < -0.3 is 10.4 Å². The maximum Gasteiger partial charge on any atom is 0.269 e. The van der Waals surface area contributed by atoms with Crippen molar-refractivity contribution in [3.8, 4) is 0 Å². The SMILES string of the molecule is O=S1(=O)CCO1.OCCN1CCNCC1. The number of rotatable bonds is 2. The third-order valence-corrected chi connectivity index (χ3v) is 3.41. The standard InChI is InChI=1S/C6H14N2O.C2H4O3S/c9-6-5-8-3-1-7-2-4-8;3-6(4)2-1-5-6/h7,9H,1-6H2;1-2H2. The van der Waals surface area contributed by atoms with Crippen molar-refractivity contribution in [2.45, 2.75) is 0 Å². The average molecular weight is 238 g/mol. The molecular formula is C8H18N2O4S. The molecule has 6 nitrogen and oxygen atoms in total. The van der Waals surface area contributed by atoms with Crippen LogP contribution >= 0.6 is 0 Å². The van der Waals surface area contributed by atoms with Crippen LogP contribution in [0.1, 0.15) is 0 Å². The molecule has 0 atom stereocenters. The van der Waals surface area contributed by atoms with Crippen molar-refractivity contribution in [1.82, 2.24) is 10.2 Å². The molecule has 0 spiro atoms. The Labute approximate surface area is 90.3 Å². The van der Waals surface area contributed by atoms with Gasteiger partial charge in [0.25, 0.3) is 10.1 Å². The summed E-state index contributed by atoms with van der Waals surface area (Å²) in [4.78, 5) is 2.26. The van der Waals surface area contributed by atoms with Gasteiger partial charge in [0.05, 0.1) is 13.2 Å². The zero-order chi connectivity index (χ0) is 11.1. The van der Waals surface area contributed by atoms with Gasteiger partial charge in [0.2, 0.25) is 0 Å². The summed E-state index contributed by atoms with van der Waals surface area (Å²) in [5, 5.41) is 11.8. The third kappa shape index (κ3) is 5.43. The summed E-state index contributed by atoms with van der Waals surface area (Å²) in [6, 6.07) is 0. The van der Waals surface area contributed by atoms with Crippen LogP contribution in [0.3, 0.4) is 0 Å². The van der Waals surface area contributed by atoms with Crippen molar-refractivity contribution >= 4 is 10.1 Å². The van der Waals surface area contributed by atoms with Crippen molar-refractivity contribution in [3.63, 3.8) is 0 Å². The first-order valence-electron chi connectivity index (χ1n) is 5.05. The van der Waals surface area contributed by atoms with Crippen molar-refractivity contribution in [2.75, 3.05) is 51.7 Å². The van der Waals surface area contributed by atoms with Gasteiger partial charge in [0.15, 0.2) is 0 Å². The van der Waals surface area contributed by atoms with Gasteiger partial charge in [-0.15, -0.1) is 0 Å². The molecule has 15 heavy (non-hydrogen) atoms. The second kappa shape index (κ2) is 6.39. The summed E-state index contributed by atoms with van der Waals surface area (Å²) in [5.74, 6) is 0.201. The Kier molecular flexibility index (Phi) is 5.48. The van der Waals surface area contributed by atoms with E-state index in [1.54, 1.807) is 0 Å². The molecule has 0 aromatic carbocycles. The third-order valence-electron chi connectivity index (χ3n) is 2.22. The van der Waals surface area contributed by atoms with Crippen LogP contribution in [0.2, 0.25) is 0 Å². The largest absolute Gasteiger partial charge is 0.395 e. The van der Waals surface area contributed by atoms with Crippen LogP contribution in [0.4, 0.5) is 0 Å². The van der Waals surface area contributed by atoms with Crippen molar-refractivity contribution in [1.29, 1.82) is 0 Å². The first-order valence-corrected chi connectivity index (χ1v) is 6.63. The lowest BCUT2D eigenvalue weighted by Gasteiger charge is -2.25. The molecule has 0 amide bonds. The van der Waals surface area contributed by atoms with E-state index >= 15 is 0 Å². The van der Waals surface area contributed by atoms with Gasteiger partial charge in [-0.05, 0) is 0 Å². The lowest BCUT2D eigenvalue weighted by atomic mass is 10.4. The van der Waals surface area contributed by atoms with E-state index in [9.17, 15) is 8.42 Å². The maximum atomic E-state index is 9.86. The monoisotopic (exact) mass is 238 g/mol. The summed E-state index contributed by atoms with van der Waals surface area (Å²) < 4.78 is 23.8. The number of piperazine rings is 1. The molecule has 2 aliphatic rings. The quantitative estimate of drug-likeness (QED) is 0.554. The normalized spacial score (nSPS) is 24.9. The van der Waals surface area contributed by atoms with Gasteiger partial charge >= 0.3 is 0 Å². The average Bonchev–Trinajstić information content (AvgIpc) is 2.19. The fourth-order valence-electron chi connectivity index (χ4n) is 1.30. The Morgan fingerprint density at radius 2 is 1.87 bits per heavy atom. The zero-order valence-corrected chi connectivity index (χ0v) is 9.50. The summed E-state index contributed by atoms with van der Waals surface area (Å²) in [6.07, 6.45) is 0. The van der Waals surface area contributed by atoms with E-state index in [1.165, 1.54) is 0 Å². The van der Waals surface area contributed by atoms with Gasteiger partial charge in [0, 0.05) is 32.7 Å². The molecular weight excluding hydrogens is 220 g/mol. The lowest BCUT2D eigenvalue weighted by molar-refractivity contribution is 0.180. The number of aliphatic hydroxyl groups excluding tert-OH is 1. The molecule has 2 heterocycles. The van der Waals surface area contributed by atoms with E-state index < -0.39 is 10.1 Å². The summed E-state index contributed by atoms with van der Waals surface area (Å²) in [6.45, 7) is 5.81. The molecule has 2 fully saturated rings. The van der Waals surface area contributed by atoms with Crippen LogP contribution in [0.5, 0.6) is 0 Å². The van der Waals surface area contributed by atoms with Gasteiger partial charge in [-0.3, -0.25) is 9.08 Å². The predicted molar refractivity (Wildman–Crippen MR) is 56.1 cm³/mol. The second-order valence-electron chi connectivity index (χ2n) is 3.40. The number of aliphatic hydroxyl groups is 1. The minimum atomic E-state index is -2.98. The minimum absolute atomic E-state index is 0.201. The van der Waals surface area contributed by atoms with Crippen LogP contribution in [0.25, 0.3) is 0 Å². The fraction of sp³-hybridized carbons (Fsp3) is 1.00. The molecule has 0 aromatic rings. The Morgan fingerprint density at radius 3 is 2.20 bits per heavy atom. The molecule has 2 rings (SSSR count). The minimum Gasteiger partial charge on any atom is -0.395 e. The van der Waals surface area contributed by atoms with E-state index in [0.717, 1.165) is 32.7 Å². The molecule has 0 bridgehead atoms. The van der Waals surface area contributed by atoms with Crippen LogP contribution in [0.15, 0.2) is 0 Å². The van der Waals surface area contributed by atoms with Gasteiger partial charge in [-0.2, -0.15) is 8.42 Å². The highest BCUT2D eigenvalue weighted by Crippen LogP contribution is 2.02. The van der Waals surface area contributed by atoms with Crippen molar-refractivity contribution in [3.05, 3.63) is 0 Å². The van der Waals surface area contributed by atoms with Crippen LogP contribution < -0.4 is 5.32 Å². The molecule has 0 aromatic heterocycles. The molecule has 90 valence electrons. The summed E-state index contributed by atoms with van der Waals surface area (Å²) in [7, 11) is -2.98. The first-order chi connectivity index (χ1) is 7.14. The highest BCUT2D eigenvalue weighted by Gasteiger charge is 2.20. The molecule has 2 N–H and O–H groups in total. The van der Waals surface area contributed by atoms with Crippen LogP contribution in [-0.2, 0) is 14.3 Å². The zero-order valence-electron chi connectivity index (χ0n) is 8.68. The number of β-amino-alcohol motifs (C(OH)–C–C–N with tert-alkyl or cyclic N) is 1. The number of hydrogen-bond donors (Lipinski definition) is 2. The van der Waals surface area contributed by atoms with E-state index in [1.807, 2.05) is 0 Å². The van der Waals surface area contributed by atoms with Crippen LogP contribution in [-0.4, -0.2) is 70.1 Å². The highest BCUT2D eigenvalue weighted by molar-refractivity contribution is 7.87. The van der Waals surface area contributed by atoms with E-state index in [4.69, 9.17) is 5.11 Å². The van der Waals surface area contributed by atoms with E-state index in [-0.39, 0.29) is 5.75 Å². The number of nitrogens with zero attached hydrogens (tertiary/aromatic N) is 1. The summed E-state index contributed by atoms with van der Waals surface area (Å²) >= 11 is 0. The maximum absolute atomic E-state index is 9.86. The molecule has 0 aliphatic carbocycles. The molecule has 2 aliphatic heterocycles. The first kappa shape index (κ1) is 12.9. The molecule has 0 saturated carbocycles. The molecule has 7 heteroatoms. The fourth-order valence-corrected chi connectivity index (χ4v) is 1.73. The predicted octanol–water partition coefficient (Wildman–Crippen LogP) is -1.77.